The van der Waals surface area contributed by atoms with E-state index in [-0.39, 0.29) is 42.5 Å². The molecule has 0 aromatic carbocycles. The minimum absolute atomic E-state index is 0. The van der Waals surface area contributed by atoms with Crippen LogP contribution in [0.15, 0.2) is 4.99 Å². The number of guanidine groups is 1. The summed E-state index contributed by atoms with van der Waals surface area (Å²) in [6.07, 6.45) is 8.01. The number of carbonyl (C=O) groups excluding carboxylic acids is 2. The van der Waals surface area contributed by atoms with Gasteiger partial charge in [0.05, 0.1) is 6.54 Å². The van der Waals surface area contributed by atoms with Gasteiger partial charge in [-0.1, -0.05) is 19.3 Å². The molecule has 136 valence electrons. The zero-order valence-corrected chi connectivity index (χ0v) is 16.7. The van der Waals surface area contributed by atoms with Crippen molar-refractivity contribution in [3.8, 4) is 0 Å². The topological polar surface area (TPSA) is 77.0 Å². The van der Waals surface area contributed by atoms with E-state index in [2.05, 4.69) is 20.5 Å². The van der Waals surface area contributed by atoms with E-state index < -0.39 is 0 Å². The summed E-state index contributed by atoms with van der Waals surface area (Å²) in [5, 5.41) is 5.84. The second kappa shape index (κ2) is 8.35. The van der Waals surface area contributed by atoms with Crippen molar-refractivity contribution in [2.75, 3.05) is 39.8 Å². The SMILES string of the molecule is CN=C(NCCN1C(=O)CNC1=O)N1CCC2(CCCCC2)C1.I. The van der Waals surface area contributed by atoms with Gasteiger partial charge in [-0.25, -0.2) is 4.79 Å². The Morgan fingerprint density at radius 1 is 1.25 bits per heavy atom. The first kappa shape index (κ1) is 19.3. The van der Waals surface area contributed by atoms with E-state index in [1.165, 1.54) is 43.4 Å². The van der Waals surface area contributed by atoms with Crippen LogP contribution < -0.4 is 10.6 Å². The maximum Gasteiger partial charge on any atom is 0.324 e. The number of urea groups is 1. The van der Waals surface area contributed by atoms with Gasteiger partial charge in [0.25, 0.3) is 0 Å². The Labute approximate surface area is 160 Å². The Morgan fingerprint density at radius 2 is 2.00 bits per heavy atom. The molecular formula is C16H28IN5O2. The summed E-state index contributed by atoms with van der Waals surface area (Å²) < 4.78 is 0. The van der Waals surface area contributed by atoms with Crippen LogP contribution in [0, 0.1) is 5.41 Å². The molecule has 3 amide bonds. The zero-order valence-electron chi connectivity index (χ0n) is 14.3. The first-order valence-electron chi connectivity index (χ1n) is 8.67. The number of halogens is 1. The highest BCUT2D eigenvalue weighted by molar-refractivity contribution is 14.0. The predicted molar refractivity (Wildman–Crippen MR) is 104 cm³/mol. The lowest BCUT2D eigenvalue weighted by atomic mass is 9.73. The molecule has 0 aromatic heterocycles. The van der Waals surface area contributed by atoms with Crippen LogP contribution in [0.1, 0.15) is 38.5 Å². The van der Waals surface area contributed by atoms with E-state index in [9.17, 15) is 9.59 Å². The Kier molecular flexibility index (Phi) is 6.70. The van der Waals surface area contributed by atoms with Crippen LogP contribution in [0.5, 0.6) is 0 Å². The highest BCUT2D eigenvalue weighted by Gasteiger charge is 2.39. The van der Waals surface area contributed by atoms with Gasteiger partial charge >= 0.3 is 6.03 Å². The molecule has 0 unspecified atom stereocenters. The fourth-order valence-electron chi connectivity index (χ4n) is 4.12. The van der Waals surface area contributed by atoms with Gasteiger partial charge in [-0.3, -0.25) is 14.7 Å². The number of imide groups is 1. The molecule has 3 rings (SSSR count). The second-order valence-electron chi connectivity index (χ2n) is 6.91. The van der Waals surface area contributed by atoms with Crippen LogP contribution in [0.25, 0.3) is 0 Å². The summed E-state index contributed by atoms with van der Waals surface area (Å²) in [5.74, 6) is 0.730. The molecule has 24 heavy (non-hydrogen) atoms. The molecule has 2 heterocycles. The van der Waals surface area contributed by atoms with Crippen LogP contribution in [0.3, 0.4) is 0 Å². The average Bonchev–Trinajstić information content (AvgIpc) is 3.10. The molecule has 0 radical (unpaired) electrons. The number of hydrogen-bond acceptors (Lipinski definition) is 3. The molecule has 1 spiro atoms. The van der Waals surface area contributed by atoms with E-state index in [4.69, 9.17) is 0 Å². The van der Waals surface area contributed by atoms with Crippen molar-refractivity contribution in [1.82, 2.24) is 20.4 Å². The molecule has 3 fully saturated rings. The van der Waals surface area contributed by atoms with Crippen molar-refractivity contribution in [3.63, 3.8) is 0 Å². The largest absolute Gasteiger partial charge is 0.354 e. The van der Waals surface area contributed by atoms with E-state index >= 15 is 0 Å². The number of likely N-dealkylation sites (tertiary alicyclic amines) is 1. The summed E-state index contributed by atoms with van der Waals surface area (Å²) in [6, 6.07) is -0.297. The standard InChI is InChI=1S/C16H27N5O2.HI/c1-17-14(18-8-10-21-13(22)11-19-15(21)23)20-9-7-16(12-20)5-3-2-4-6-16;/h2-12H2,1H3,(H,17,18)(H,19,23);1H. The summed E-state index contributed by atoms with van der Waals surface area (Å²) in [6.45, 7) is 3.15. The van der Waals surface area contributed by atoms with Gasteiger partial charge in [-0.15, -0.1) is 24.0 Å². The summed E-state index contributed by atoms with van der Waals surface area (Å²) in [5.41, 5.74) is 0.487. The number of nitrogens with zero attached hydrogens (tertiary/aromatic N) is 3. The van der Waals surface area contributed by atoms with Gasteiger partial charge in [-0.05, 0) is 24.7 Å². The normalized spacial score (nSPS) is 23.5. The van der Waals surface area contributed by atoms with Crippen molar-refractivity contribution >= 4 is 41.9 Å². The molecule has 1 aliphatic carbocycles. The third kappa shape index (κ3) is 4.12. The monoisotopic (exact) mass is 449 g/mol. The molecule has 2 saturated heterocycles. The number of hydrogen-bond donors (Lipinski definition) is 2. The van der Waals surface area contributed by atoms with Crippen molar-refractivity contribution in [2.24, 2.45) is 10.4 Å². The smallest absolute Gasteiger partial charge is 0.324 e. The lowest BCUT2D eigenvalue weighted by molar-refractivity contribution is -0.124. The van der Waals surface area contributed by atoms with Crippen molar-refractivity contribution < 1.29 is 9.59 Å². The van der Waals surface area contributed by atoms with E-state index in [0.717, 1.165) is 19.0 Å². The zero-order chi connectivity index (χ0) is 16.3. The Balaban J connectivity index is 0.00000208. The van der Waals surface area contributed by atoms with Gasteiger partial charge in [-0.2, -0.15) is 0 Å². The number of carbonyl (C=O) groups is 2. The van der Waals surface area contributed by atoms with Crippen LogP contribution in [-0.4, -0.2) is 67.5 Å². The molecule has 1 saturated carbocycles. The molecule has 2 N–H and O–H groups in total. The predicted octanol–water partition coefficient (Wildman–Crippen LogP) is 1.39. The molecule has 3 aliphatic rings. The maximum absolute atomic E-state index is 11.6. The molecule has 0 bridgehead atoms. The van der Waals surface area contributed by atoms with Crippen molar-refractivity contribution in [1.29, 1.82) is 0 Å². The summed E-state index contributed by atoms with van der Waals surface area (Å²) >= 11 is 0. The third-order valence-electron chi connectivity index (χ3n) is 5.42. The fourth-order valence-corrected chi connectivity index (χ4v) is 4.12. The highest BCUT2D eigenvalue weighted by Crippen LogP contribution is 2.43. The maximum atomic E-state index is 11.6. The van der Waals surface area contributed by atoms with Crippen molar-refractivity contribution in [3.05, 3.63) is 0 Å². The quantitative estimate of drug-likeness (QED) is 0.296. The minimum Gasteiger partial charge on any atom is -0.354 e. The average molecular weight is 449 g/mol. The van der Waals surface area contributed by atoms with Crippen molar-refractivity contribution in [2.45, 2.75) is 38.5 Å². The molecule has 0 atom stereocenters. The summed E-state index contributed by atoms with van der Waals surface area (Å²) in [4.78, 5) is 31.0. The van der Waals surface area contributed by atoms with Gasteiger partial charge in [0.15, 0.2) is 5.96 Å². The first-order valence-corrected chi connectivity index (χ1v) is 8.67. The van der Waals surface area contributed by atoms with Gasteiger partial charge < -0.3 is 15.5 Å². The molecular weight excluding hydrogens is 421 g/mol. The van der Waals surface area contributed by atoms with Gasteiger partial charge in [0, 0.05) is 33.2 Å². The highest BCUT2D eigenvalue weighted by atomic mass is 127. The first-order chi connectivity index (χ1) is 11.1. The van der Waals surface area contributed by atoms with E-state index in [0.29, 0.717) is 18.5 Å². The fraction of sp³-hybridized carbons (Fsp3) is 0.812. The Bertz CT molecular complexity index is 489. The third-order valence-corrected chi connectivity index (χ3v) is 5.42. The Hall–Kier alpha value is -1.06. The number of rotatable bonds is 3. The van der Waals surface area contributed by atoms with E-state index in [1.807, 2.05) is 0 Å². The lowest BCUT2D eigenvalue weighted by Gasteiger charge is -2.33. The molecule has 0 aromatic rings. The molecule has 7 nitrogen and oxygen atoms in total. The number of amides is 3. The number of aliphatic imine (C=N–C) groups is 1. The second-order valence-corrected chi connectivity index (χ2v) is 6.91. The van der Waals surface area contributed by atoms with Crippen LogP contribution in [0.2, 0.25) is 0 Å². The van der Waals surface area contributed by atoms with Crippen LogP contribution >= 0.6 is 24.0 Å². The minimum atomic E-state index is -0.297. The molecule has 2 aliphatic heterocycles. The van der Waals surface area contributed by atoms with E-state index in [1.54, 1.807) is 7.05 Å². The van der Waals surface area contributed by atoms with Gasteiger partial charge in [0.1, 0.15) is 0 Å². The molecule has 8 heteroatoms. The lowest BCUT2D eigenvalue weighted by Crippen LogP contribution is -2.45. The van der Waals surface area contributed by atoms with Crippen LogP contribution in [0.4, 0.5) is 4.79 Å². The number of nitrogens with one attached hydrogen (secondary N) is 2. The van der Waals surface area contributed by atoms with Crippen LogP contribution in [-0.2, 0) is 4.79 Å². The summed E-state index contributed by atoms with van der Waals surface area (Å²) in [7, 11) is 1.79. The van der Waals surface area contributed by atoms with Gasteiger partial charge in [0.2, 0.25) is 5.91 Å². The Morgan fingerprint density at radius 3 is 2.62 bits per heavy atom.